The minimum absolute atomic E-state index is 0. The van der Waals surface area contributed by atoms with E-state index in [0.29, 0.717) is 11.3 Å². The lowest BCUT2D eigenvalue weighted by molar-refractivity contribution is -0.385. The van der Waals surface area contributed by atoms with Gasteiger partial charge in [-0.25, -0.2) is 0 Å². The summed E-state index contributed by atoms with van der Waals surface area (Å²) in [6, 6.07) is 3.58. The van der Waals surface area contributed by atoms with Crippen LogP contribution < -0.4 is 10.1 Å². The summed E-state index contributed by atoms with van der Waals surface area (Å²) in [6.45, 7) is 4.96. The molecule has 118 valence electrons. The molecule has 1 aliphatic heterocycles. The molecule has 0 amide bonds. The number of fused-ring (bicyclic) bond motifs is 1. The summed E-state index contributed by atoms with van der Waals surface area (Å²) >= 11 is 0. The Morgan fingerprint density at radius 3 is 2.62 bits per heavy atom. The van der Waals surface area contributed by atoms with Gasteiger partial charge in [-0.2, -0.15) is 0 Å². The molecule has 0 spiro atoms. The normalized spacial score (nSPS) is 24.2. The number of nitro groups is 1. The average Bonchev–Trinajstić information content (AvgIpc) is 2.33. The van der Waals surface area contributed by atoms with Crippen LogP contribution in [0, 0.1) is 10.1 Å². The zero-order valence-corrected chi connectivity index (χ0v) is 12.8. The fourth-order valence-electron chi connectivity index (χ4n) is 2.34. The van der Waals surface area contributed by atoms with Crippen molar-refractivity contribution in [1.82, 2.24) is 5.32 Å². The lowest BCUT2D eigenvalue weighted by atomic mass is 9.86. The number of nitro benzene ring substituents is 1. The predicted molar refractivity (Wildman–Crippen MR) is 78.6 cm³/mol. The number of halogens is 1. The Bertz CT molecular complexity index is 535. The molecule has 2 rings (SSSR count). The Labute approximate surface area is 128 Å². The van der Waals surface area contributed by atoms with E-state index in [1.807, 2.05) is 0 Å². The Balaban J connectivity index is 0.00000220. The molecule has 0 bridgehead atoms. The Morgan fingerprint density at radius 1 is 1.48 bits per heavy atom. The van der Waals surface area contributed by atoms with Crippen LogP contribution in [0.25, 0.3) is 0 Å². The van der Waals surface area contributed by atoms with Gasteiger partial charge in [0.25, 0.3) is 5.69 Å². The van der Waals surface area contributed by atoms with Crippen molar-refractivity contribution < 1.29 is 19.9 Å². The van der Waals surface area contributed by atoms with Crippen molar-refractivity contribution in [2.24, 2.45) is 0 Å². The van der Waals surface area contributed by atoms with Gasteiger partial charge in [0.05, 0.1) is 11.0 Å². The molecule has 1 aromatic rings. The summed E-state index contributed by atoms with van der Waals surface area (Å²) in [6.07, 6.45) is -1.82. The van der Waals surface area contributed by atoms with E-state index in [-0.39, 0.29) is 18.1 Å². The van der Waals surface area contributed by atoms with Crippen molar-refractivity contribution in [3.63, 3.8) is 0 Å². The van der Waals surface area contributed by atoms with Gasteiger partial charge in [-0.3, -0.25) is 15.4 Å². The molecule has 7 nitrogen and oxygen atoms in total. The molecule has 0 saturated carbocycles. The maximum absolute atomic E-state index is 10.9. The van der Waals surface area contributed by atoms with E-state index in [1.165, 1.54) is 25.1 Å². The number of non-ortho nitro benzene ring substituents is 1. The van der Waals surface area contributed by atoms with Gasteiger partial charge < -0.3 is 14.9 Å². The molecule has 3 atom stereocenters. The highest BCUT2D eigenvalue weighted by molar-refractivity contribution is 5.85. The zero-order valence-electron chi connectivity index (χ0n) is 11.9. The highest BCUT2D eigenvalue weighted by Crippen LogP contribution is 2.41. The van der Waals surface area contributed by atoms with Gasteiger partial charge in [0, 0.05) is 17.7 Å². The van der Waals surface area contributed by atoms with Crippen LogP contribution in [0.3, 0.4) is 0 Å². The molecular formula is C13H19ClN2O5. The number of rotatable bonds is 3. The third kappa shape index (κ3) is 3.44. The molecule has 0 saturated heterocycles. The fourth-order valence-corrected chi connectivity index (χ4v) is 2.34. The van der Waals surface area contributed by atoms with Crippen molar-refractivity contribution in [2.45, 2.75) is 44.7 Å². The molecule has 3 unspecified atom stereocenters. The van der Waals surface area contributed by atoms with Crippen LogP contribution >= 0.6 is 12.4 Å². The van der Waals surface area contributed by atoms with Crippen LogP contribution in [0.4, 0.5) is 5.69 Å². The van der Waals surface area contributed by atoms with Gasteiger partial charge in [0.2, 0.25) is 0 Å². The first-order chi connectivity index (χ1) is 9.22. The number of aliphatic hydroxyl groups is 2. The first-order valence-electron chi connectivity index (χ1n) is 6.32. The molecule has 1 heterocycles. The third-order valence-corrected chi connectivity index (χ3v) is 3.36. The second-order valence-corrected chi connectivity index (χ2v) is 5.45. The minimum atomic E-state index is -0.952. The smallest absolute Gasteiger partial charge is 0.270 e. The molecule has 3 N–H and O–H groups in total. The molecule has 0 aliphatic carbocycles. The topological polar surface area (TPSA) is 105 Å². The second kappa shape index (κ2) is 6.15. The van der Waals surface area contributed by atoms with E-state index < -0.39 is 28.9 Å². The summed E-state index contributed by atoms with van der Waals surface area (Å²) in [5, 5.41) is 33.5. The van der Waals surface area contributed by atoms with E-state index in [2.05, 4.69) is 5.32 Å². The van der Waals surface area contributed by atoms with Crippen LogP contribution in [-0.2, 0) is 0 Å². The first-order valence-corrected chi connectivity index (χ1v) is 6.32. The van der Waals surface area contributed by atoms with E-state index in [0.717, 1.165) is 0 Å². The summed E-state index contributed by atoms with van der Waals surface area (Å²) in [4.78, 5) is 10.3. The maximum atomic E-state index is 10.9. The van der Waals surface area contributed by atoms with Crippen molar-refractivity contribution in [3.05, 3.63) is 33.9 Å². The summed E-state index contributed by atoms with van der Waals surface area (Å²) in [7, 11) is 0. The Hall–Kier alpha value is -1.41. The van der Waals surface area contributed by atoms with Gasteiger partial charge in [-0.15, -0.1) is 12.4 Å². The van der Waals surface area contributed by atoms with Crippen molar-refractivity contribution in [2.75, 3.05) is 0 Å². The molecule has 0 fully saturated rings. The lowest BCUT2D eigenvalue weighted by Gasteiger charge is -2.42. The van der Waals surface area contributed by atoms with Crippen LogP contribution in [0.1, 0.15) is 32.4 Å². The lowest BCUT2D eigenvalue weighted by Crippen LogP contribution is -2.53. The minimum Gasteiger partial charge on any atom is -0.485 e. The van der Waals surface area contributed by atoms with Gasteiger partial charge >= 0.3 is 0 Å². The predicted octanol–water partition coefficient (Wildman–Crippen LogP) is 1.52. The molecular weight excluding hydrogens is 300 g/mol. The number of hydrogen-bond donors (Lipinski definition) is 3. The van der Waals surface area contributed by atoms with E-state index in [9.17, 15) is 20.3 Å². The van der Waals surface area contributed by atoms with E-state index in [4.69, 9.17) is 4.74 Å². The largest absolute Gasteiger partial charge is 0.485 e. The Morgan fingerprint density at radius 2 is 2.10 bits per heavy atom. The van der Waals surface area contributed by atoms with E-state index >= 15 is 0 Å². The highest BCUT2D eigenvalue weighted by atomic mass is 35.5. The standard InChI is InChI=1S/C13H18N2O5.ClH/c1-7(16)14-11-9-6-8(15(18)19)4-5-10(9)20-13(2,3)12(11)17;/h4-7,11-12,14,16-17H,1-3H3;1H. The van der Waals surface area contributed by atoms with Gasteiger partial charge in [-0.05, 0) is 26.8 Å². The number of hydrogen-bond acceptors (Lipinski definition) is 6. The number of ether oxygens (including phenoxy) is 1. The van der Waals surface area contributed by atoms with Crippen LogP contribution in [0.5, 0.6) is 5.75 Å². The highest BCUT2D eigenvalue weighted by Gasteiger charge is 2.43. The van der Waals surface area contributed by atoms with Gasteiger partial charge in [0.1, 0.15) is 23.7 Å². The zero-order chi connectivity index (χ0) is 15.1. The van der Waals surface area contributed by atoms with Crippen LogP contribution in [0.2, 0.25) is 0 Å². The van der Waals surface area contributed by atoms with Gasteiger partial charge in [-0.1, -0.05) is 0 Å². The fraction of sp³-hybridized carbons (Fsp3) is 0.538. The summed E-state index contributed by atoms with van der Waals surface area (Å²) in [5.74, 6) is 0.462. The molecule has 1 aromatic carbocycles. The monoisotopic (exact) mass is 318 g/mol. The first kappa shape index (κ1) is 17.6. The average molecular weight is 319 g/mol. The summed E-state index contributed by atoms with van der Waals surface area (Å²) in [5.41, 5.74) is -0.487. The van der Waals surface area contributed by atoms with Crippen molar-refractivity contribution in [1.29, 1.82) is 0 Å². The van der Waals surface area contributed by atoms with Crippen molar-refractivity contribution >= 4 is 18.1 Å². The molecule has 1 aliphatic rings. The second-order valence-electron chi connectivity index (χ2n) is 5.45. The van der Waals surface area contributed by atoms with Crippen molar-refractivity contribution in [3.8, 4) is 5.75 Å². The number of benzene rings is 1. The molecule has 0 aromatic heterocycles. The van der Waals surface area contributed by atoms with E-state index in [1.54, 1.807) is 13.8 Å². The maximum Gasteiger partial charge on any atom is 0.270 e. The van der Waals surface area contributed by atoms with Crippen LogP contribution in [-0.4, -0.2) is 33.1 Å². The third-order valence-electron chi connectivity index (χ3n) is 3.36. The molecule has 8 heteroatoms. The summed E-state index contributed by atoms with van der Waals surface area (Å²) < 4.78 is 5.68. The van der Waals surface area contributed by atoms with Crippen LogP contribution in [0.15, 0.2) is 18.2 Å². The number of nitrogens with zero attached hydrogens (tertiary/aromatic N) is 1. The SMILES string of the molecule is CC(O)NC1c2cc([N+](=O)[O-])ccc2OC(C)(C)C1O.Cl. The number of nitrogens with one attached hydrogen (secondary N) is 1. The van der Waals surface area contributed by atoms with Gasteiger partial charge in [0.15, 0.2) is 0 Å². The molecule has 21 heavy (non-hydrogen) atoms. The molecule has 0 radical (unpaired) electrons. The number of aliphatic hydroxyl groups excluding tert-OH is 2. The quantitative estimate of drug-likeness (QED) is 0.443. The Kier molecular flexibility index (Phi) is 5.16.